The Hall–Kier alpha value is -0.210. The van der Waals surface area contributed by atoms with Crippen molar-refractivity contribution in [2.75, 3.05) is 6.61 Å². The van der Waals surface area contributed by atoms with E-state index in [4.69, 9.17) is 27.9 Å². The monoisotopic (exact) mass is 294 g/mol. The summed E-state index contributed by atoms with van der Waals surface area (Å²) >= 11 is 11.0. The van der Waals surface area contributed by atoms with Gasteiger partial charge in [-0.2, -0.15) is 0 Å². The molecular formula is C14H24Cl2O2. The van der Waals surface area contributed by atoms with Gasteiger partial charge in [0.05, 0.1) is 12.2 Å². The van der Waals surface area contributed by atoms with Gasteiger partial charge in [0.25, 0.3) is 0 Å². The van der Waals surface area contributed by atoms with Crippen molar-refractivity contribution in [3.8, 4) is 0 Å². The summed E-state index contributed by atoms with van der Waals surface area (Å²) in [6.07, 6.45) is 9.71. The minimum absolute atomic E-state index is 0.109. The summed E-state index contributed by atoms with van der Waals surface area (Å²) in [4.78, 5) is 10.4. The molecule has 0 fully saturated rings. The molecule has 0 aromatic rings. The average Bonchev–Trinajstić information content (AvgIpc) is 2.35. The summed E-state index contributed by atoms with van der Waals surface area (Å²) in [5.74, 6) is -0.493. The smallest absolute Gasteiger partial charge is 0.336 e. The number of carbonyl (C=O) groups excluding carboxylic acids is 1. The van der Waals surface area contributed by atoms with Crippen LogP contribution in [0.25, 0.3) is 0 Å². The van der Waals surface area contributed by atoms with Gasteiger partial charge in [-0.3, -0.25) is 0 Å². The first-order valence-electron chi connectivity index (χ1n) is 6.73. The van der Waals surface area contributed by atoms with Gasteiger partial charge < -0.3 is 4.74 Å². The van der Waals surface area contributed by atoms with E-state index in [1.54, 1.807) is 0 Å². The number of rotatable bonds is 11. The van der Waals surface area contributed by atoms with Crippen LogP contribution in [0.2, 0.25) is 0 Å². The van der Waals surface area contributed by atoms with Gasteiger partial charge in [-0.1, -0.05) is 81.7 Å². The Morgan fingerprint density at radius 1 is 1.06 bits per heavy atom. The van der Waals surface area contributed by atoms with Gasteiger partial charge in [0.15, 0.2) is 0 Å². The zero-order valence-corrected chi connectivity index (χ0v) is 12.7. The SMILES string of the molecule is C=C(C(=O)OCCCCCCCCCC)C(Cl)Cl. The van der Waals surface area contributed by atoms with Crippen molar-refractivity contribution in [2.45, 2.75) is 63.1 Å². The maximum Gasteiger partial charge on any atom is 0.336 e. The van der Waals surface area contributed by atoms with Crippen LogP contribution >= 0.6 is 23.2 Å². The van der Waals surface area contributed by atoms with E-state index in [0.717, 1.165) is 12.8 Å². The van der Waals surface area contributed by atoms with Gasteiger partial charge in [0, 0.05) is 0 Å². The van der Waals surface area contributed by atoms with Crippen molar-refractivity contribution in [2.24, 2.45) is 0 Å². The fraction of sp³-hybridized carbons (Fsp3) is 0.786. The van der Waals surface area contributed by atoms with Crippen molar-refractivity contribution >= 4 is 29.2 Å². The van der Waals surface area contributed by atoms with Crippen LogP contribution in [0.5, 0.6) is 0 Å². The van der Waals surface area contributed by atoms with Crippen LogP contribution in [0, 0.1) is 0 Å². The first kappa shape index (κ1) is 17.8. The van der Waals surface area contributed by atoms with E-state index < -0.39 is 10.8 Å². The molecule has 4 heteroatoms. The molecule has 0 radical (unpaired) electrons. The van der Waals surface area contributed by atoms with Gasteiger partial charge in [-0.15, -0.1) is 0 Å². The van der Waals surface area contributed by atoms with Crippen molar-refractivity contribution < 1.29 is 9.53 Å². The molecule has 0 amide bonds. The van der Waals surface area contributed by atoms with Crippen LogP contribution in [-0.2, 0) is 9.53 Å². The molecule has 0 atom stereocenters. The second-order valence-corrected chi connectivity index (χ2v) is 5.53. The van der Waals surface area contributed by atoms with E-state index >= 15 is 0 Å². The Morgan fingerprint density at radius 2 is 1.56 bits per heavy atom. The highest BCUT2D eigenvalue weighted by atomic mass is 35.5. The third kappa shape index (κ3) is 9.78. The third-order valence-electron chi connectivity index (χ3n) is 2.76. The molecule has 0 aliphatic heterocycles. The molecule has 2 nitrogen and oxygen atoms in total. The zero-order chi connectivity index (χ0) is 13.8. The van der Waals surface area contributed by atoms with Crippen LogP contribution in [0.1, 0.15) is 58.3 Å². The molecule has 0 saturated heterocycles. The molecule has 0 spiro atoms. The first-order valence-corrected chi connectivity index (χ1v) is 7.61. The molecule has 0 aromatic carbocycles. The van der Waals surface area contributed by atoms with Crippen molar-refractivity contribution in [3.05, 3.63) is 12.2 Å². The van der Waals surface area contributed by atoms with Crippen molar-refractivity contribution in [1.29, 1.82) is 0 Å². The fourth-order valence-corrected chi connectivity index (χ4v) is 1.76. The Kier molecular flexibility index (Phi) is 11.7. The number of hydrogen-bond acceptors (Lipinski definition) is 2. The Balaban J connectivity index is 3.30. The van der Waals surface area contributed by atoms with Gasteiger partial charge in [0.1, 0.15) is 4.84 Å². The van der Waals surface area contributed by atoms with Crippen LogP contribution < -0.4 is 0 Å². The predicted octanol–water partition coefficient (Wildman–Crippen LogP) is 5.03. The van der Waals surface area contributed by atoms with E-state index in [-0.39, 0.29) is 5.57 Å². The van der Waals surface area contributed by atoms with Crippen LogP contribution in [0.4, 0.5) is 0 Å². The molecule has 106 valence electrons. The molecule has 0 aliphatic carbocycles. The highest BCUT2D eigenvalue weighted by molar-refractivity contribution is 6.47. The van der Waals surface area contributed by atoms with Gasteiger partial charge in [-0.05, 0) is 6.42 Å². The summed E-state index contributed by atoms with van der Waals surface area (Å²) < 4.78 is 5.00. The van der Waals surface area contributed by atoms with Crippen LogP contribution in [0.3, 0.4) is 0 Å². The van der Waals surface area contributed by atoms with E-state index in [0.29, 0.717) is 6.61 Å². The number of carbonyl (C=O) groups is 1. The molecule has 18 heavy (non-hydrogen) atoms. The maximum absolute atomic E-state index is 11.3. The lowest BCUT2D eigenvalue weighted by atomic mass is 10.1. The molecule has 0 heterocycles. The minimum Gasteiger partial charge on any atom is -0.462 e. The highest BCUT2D eigenvalue weighted by Crippen LogP contribution is 2.14. The molecule has 0 unspecified atom stereocenters. The summed E-state index contributed by atoms with van der Waals surface area (Å²) in [6, 6.07) is 0. The summed E-state index contributed by atoms with van der Waals surface area (Å²) in [6.45, 7) is 6.11. The van der Waals surface area contributed by atoms with Crippen molar-refractivity contribution in [3.63, 3.8) is 0 Å². The van der Waals surface area contributed by atoms with Gasteiger partial charge >= 0.3 is 5.97 Å². The third-order valence-corrected chi connectivity index (χ3v) is 3.28. The van der Waals surface area contributed by atoms with E-state index in [9.17, 15) is 4.79 Å². The second kappa shape index (κ2) is 11.9. The normalized spacial score (nSPS) is 10.7. The summed E-state index contributed by atoms with van der Waals surface area (Å²) in [5.41, 5.74) is 0.109. The van der Waals surface area contributed by atoms with Gasteiger partial charge in [0.2, 0.25) is 0 Å². The van der Waals surface area contributed by atoms with Crippen LogP contribution in [-0.4, -0.2) is 17.4 Å². The topological polar surface area (TPSA) is 26.3 Å². The Bertz CT molecular complexity index is 240. The molecule has 0 aliphatic rings. The van der Waals surface area contributed by atoms with E-state index in [1.807, 2.05) is 0 Å². The minimum atomic E-state index is -0.879. The maximum atomic E-state index is 11.3. The number of halogens is 2. The first-order chi connectivity index (χ1) is 8.59. The molecular weight excluding hydrogens is 271 g/mol. The zero-order valence-electron chi connectivity index (χ0n) is 11.2. The van der Waals surface area contributed by atoms with E-state index in [2.05, 4.69) is 13.5 Å². The molecule has 0 aromatic heterocycles. The van der Waals surface area contributed by atoms with Crippen molar-refractivity contribution in [1.82, 2.24) is 0 Å². The largest absolute Gasteiger partial charge is 0.462 e. The Labute approximate surface area is 121 Å². The lowest BCUT2D eigenvalue weighted by Crippen LogP contribution is -2.12. The number of unbranched alkanes of at least 4 members (excludes halogenated alkanes) is 7. The lowest BCUT2D eigenvalue weighted by Gasteiger charge is -2.07. The summed E-state index contributed by atoms with van der Waals surface area (Å²) in [7, 11) is 0. The molecule has 0 saturated carbocycles. The summed E-state index contributed by atoms with van der Waals surface area (Å²) in [5, 5.41) is 0. The van der Waals surface area contributed by atoms with Gasteiger partial charge in [-0.25, -0.2) is 4.79 Å². The quantitative estimate of drug-likeness (QED) is 0.231. The predicted molar refractivity (Wildman–Crippen MR) is 78.2 cm³/mol. The fourth-order valence-electron chi connectivity index (χ4n) is 1.58. The molecule has 0 rings (SSSR count). The number of ether oxygens (including phenoxy) is 1. The van der Waals surface area contributed by atoms with Crippen LogP contribution in [0.15, 0.2) is 12.2 Å². The lowest BCUT2D eigenvalue weighted by molar-refractivity contribution is -0.139. The average molecular weight is 295 g/mol. The number of hydrogen-bond donors (Lipinski definition) is 0. The standard InChI is InChI=1S/C14H24Cl2O2/c1-3-4-5-6-7-8-9-10-11-18-14(17)12(2)13(15)16/h13H,2-11H2,1H3. The molecule has 0 N–H and O–H groups in total. The Morgan fingerprint density at radius 3 is 2.06 bits per heavy atom. The second-order valence-electron chi connectivity index (χ2n) is 4.44. The molecule has 0 bridgehead atoms. The number of esters is 1. The number of alkyl halides is 2. The van der Waals surface area contributed by atoms with E-state index in [1.165, 1.54) is 38.5 Å². The highest BCUT2D eigenvalue weighted by Gasteiger charge is 2.14.